The Hall–Kier alpha value is -0.0900. The van der Waals surface area contributed by atoms with E-state index in [1.807, 2.05) is 12.1 Å². The van der Waals surface area contributed by atoms with E-state index in [9.17, 15) is 0 Å². The monoisotopic (exact) mass is 329 g/mol. The highest BCUT2D eigenvalue weighted by atomic mass is 79.9. The molecule has 4 heteroatoms. The van der Waals surface area contributed by atoms with E-state index in [4.69, 9.17) is 22.1 Å². The highest BCUT2D eigenvalue weighted by Crippen LogP contribution is 2.49. The van der Waals surface area contributed by atoms with E-state index in [0.29, 0.717) is 18.8 Å². The second kappa shape index (κ2) is 4.78. The summed E-state index contributed by atoms with van der Waals surface area (Å²) < 4.78 is 7.00. The van der Waals surface area contributed by atoms with E-state index in [0.717, 1.165) is 28.8 Å². The van der Waals surface area contributed by atoms with E-state index in [1.54, 1.807) is 0 Å². The number of benzene rings is 1. The van der Waals surface area contributed by atoms with Crippen LogP contribution < -0.4 is 5.73 Å². The summed E-state index contributed by atoms with van der Waals surface area (Å²) in [6.45, 7) is 0.681. The van der Waals surface area contributed by atoms with Crippen LogP contribution in [0.25, 0.3) is 0 Å². The number of hydrogen-bond acceptors (Lipinski definition) is 2. The fraction of sp³-hybridized carbons (Fsp3) is 0.571. The van der Waals surface area contributed by atoms with Crippen molar-refractivity contribution in [2.45, 2.75) is 37.9 Å². The van der Waals surface area contributed by atoms with Gasteiger partial charge in [0, 0.05) is 21.5 Å². The lowest BCUT2D eigenvalue weighted by Crippen LogP contribution is -2.41. The predicted molar refractivity (Wildman–Crippen MR) is 76.9 cm³/mol. The van der Waals surface area contributed by atoms with Crippen LogP contribution in [0.1, 0.15) is 24.8 Å². The molecular weight excluding hydrogens is 314 g/mol. The van der Waals surface area contributed by atoms with Crippen molar-refractivity contribution in [3.63, 3.8) is 0 Å². The molecule has 0 aliphatic carbocycles. The first-order chi connectivity index (χ1) is 8.63. The second-order valence-corrected chi connectivity index (χ2v) is 6.83. The lowest BCUT2D eigenvalue weighted by atomic mass is 9.70. The van der Waals surface area contributed by atoms with Gasteiger partial charge in [-0.3, -0.25) is 0 Å². The van der Waals surface area contributed by atoms with E-state index in [1.165, 1.54) is 12.0 Å². The molecular formula is C14H17BrClNO. The molecule has 0 aromatic heterocycles. The molecule has 2 nitrogen and oxygen atoms in total. The van der Waals surface area contributed by atoms with E-state index < -0.39 is 0 Å². The molecule has 2 aliphatic rings. The third-order valence-electron chi connectivity index (χ3n) is 4.39. The lowest BCUT2D eigenvalue weighted by Gasteiger charge is -2.34. The molecule has 2 bridgehead atoms. The van der Waals surface area contributed by atoms with Gasteiger partial charge in [-0.15, -0.1) is 0 Å². The quantitative estimate of drug-likeness (QED) is 0.920. The zero-order valence-corrected chi connectivity index (χ0v) is 12.5. The van der Waals surface area contributed by atoms with Gasteiger partial charge in [-0.05, 0) is 43.4 Å². The summed E-state index contributed by atoms with van der Waals surface area (Å²) in [5.41, 5.74) is 7.33. The zero-order valence-electron chi connectivity index (χ0n) is 10.2. The molecule has 2 aliphatic heterocycles. The Labute approximate surface area is 121 Å². The van der Waals surface area contributed by atoms with Crippen LogP contribution >= 0.6 is 27.5 Å². The Bertz CT molecular complexity index is 467. The molecule has 18 heavy (non-hydrogen) atoms. The van der Waals surface area contributed by atoms with Gasteiger partial charge in [0.1, 0.15) is 0 Å². The van der Waals surface area contributed by atoms with Crippen molar-refractivity contribution in [2.24, 2.45) is 11.1 Å². The van der Waals surface area contributed by atoms with Crippen LogP contribution in [0.15, 0.2) is 22.7 Å². The molecule has 2 saturated heterocycles. The Balaban J connectivity index is 1.86. The summed E-state index contributed by atoms with van der Waals surface area (Å²) in [6.07, 6.45) is 5.10. The second-order valence-electron chi connectivity index (χ2n) is 5.51. The first kappa shape index (κ1) is 12.9. The minimum atomic E-state index is 0.0976. The van der Waals surface area contributed by atoms with Crippen LogP contribution in [0.3, 0.4) is 0 Å². The highest BCUT2D eigenvalue weighted by Gasteiger charge is 2.51. The Morgan fingerprint density at radius 1 is 1.44 bits per heavy atom. The smallest absolute Gasteiger partial charge is 0.0652 e. The number of ether oxygens (including phenoxy) is 1. The van der Waals surface area contributed by atoms with Gasteiger partial charge in [0.15, 0.2) is 0 Å². The van der Waals surface area contributed by atoms with E-state index >= 15 is 0 Å². The summed E-state index contributed by atoms with van der Waals surface area (Å²) in [5, 5.41) is 0.819. The maximum absolute atomic E-state index is 6.32. The molecule has 3 atom stereocenters. The third kappa shape index (κ3) is 2.11. The first-order valence-electron chi connectivity index (χ1n) is 6.42. The summed E-state index contributed by atoms with van der Waals surface area (Å²) in [7, 11) is 0. The van der Waals surface area contributed by atoms with Crippen LogP contribution in [0.2, 0.25) is 5.02 Å². The Morgan fingerprint density at radius 3 is 2.83 bits per heavy atom. The Kier molecular flexibility index (Phi) is 3.43. The molecule has 0 saturated carbocycles. The summed E-state index contributed by atoms with van der Waals surface area (Å²) >= 11 is 9.76. The summed E-state index contributed by atoms with van der Waals surface area (Å²) in [5.74, 6) is 0. The minimum Gasteiger partial charge on any atom is -0.374 e. The average Bonchev–Trinajstić information content (AvgIpc) is 2.93. The Morgan fingerprint density at radius 2 is 2.28 bits per heavy atom. The maximum atomic E-state index is 6.32. The van der Waals surface area contributed by atoms with E-state index in [2.05, 4.69) is 22.0 Å². The standard InChI is InChI=1S/C14H17BrClNO/c15-10-2-1-9(12(16)5-10)6-14(8-17)7-11-3-4-13(14)18-11/h1-2,5,11,13H,3-4,6-8,17H2. The first-order valence-corrected chi connectivity index (χ1v) is 7.59. The van der Waals surface area contributed by atoms with Crippen molar-refractivity contribution >= 4 is 27.5 Å². The molecule has 1 aromatic rings. The van der Waals surface area contributed by atoms with Gasteiger partial charge in [-0.2, -0.15) is 0 Å². The normalized spacial score (nSPS) is 34.2. The van der Waals surface area contributed by atoms with Crippen LogP contribution in [0, 0.1) is 5.41 Å². The third-order valence-corrected chi connectivity index (χ3v) is 5.23. The predicted octanol–water partition coefficient (Wildman–Crippen LogP) is 3.54. The molecule has 3 rings (SSSR count). The van der Waals surface area contributed by atoms with Crippen molar-refractivity contribution in [2.75, 3.05) is 6.54 Å². The molecule has 98 valence electrons. The fourth-order valence-electron chi connectivity index (χ4n) is 3.41. The minimum absolute atomic E-state index is 0.0976. The number of nitrogens with two attached hydrogens (primary N) is 1. The maximum Gasteiger partial charge on any atom is 0.0652 e. The lowest BCUT2D eigenvalue weighted by molar-refractivity contribution is 0.0636. The number of rotatable bonds is 3. The molecule has 2 fully saturated rings. The van der Waals surface area contributed by atoms with Gasteiger partial charge in [0.05, 0.1) is 12.2 Å². The largest absolute Gasteiger partial charge is 0.374 e. The average molecular weight is 331 g/mol. The molecule has 0 spiro atoms. The molecule has 0 amide bonds. The molecule has 2 heterocycles. The van der Waals surface area contributed by atoms with Gasteiger partial charge < -0.3 is 10.5 Å². The molecule has 0 radical (unpaired) electrons. The van der Waals surface area contributed by atoms with Gasteiger partial charge in [0.25, 0.3) is 0 Å². The van der Waals surface area contributed by atoms with Crippen LogP contribution in [0.4, 0.5) is 0 Å². The molecule has 2 N–H and O–H groups in total. The van der Waals surface area contributed by atoms with Crippen LogP contribution in [0.5, 0.6) is 0 Å². The fourth-order valence-corrected chi connectivity index (χ4v) is 4.15. The van der Waals surface area contributed by atoms with Crippen LogP contribution in [-0.2, 0) is 11.2 Å². The van der Waals surface area contributed by atoms with Crippen LogP contribution in [-0.4, -0.2) is 18.8 Å². The molecule has 3 unspecified atom stereocenters. The number of halogens is 2. The number of hydrogen-bond donors (Lipinski definition) is 1. The highest BCUT2D eigenvalue weighted by molar-refractivity contribution is 9.10. The number of fused-ring (bicyclic) bond motifs is 2. The van der Waals surface area contributed by atoms with Crippen molar-refractivity contribution in [1.82, 2.24) is 0 Å². The summed E-state index contributed by atoms with van der Waals surface area (Å²) in [4.78, 5) is 0. The van der Waals surface area contributed by atoms with Crippen molar-refractivity contribution in [3.8, 4) is 0 Å². The summed E-state index contributed by atoms with van der Waals surface area (Å²) in [6, 6.07) is 6.09. The van der Waals surface area contributed by atoms with Crippen molar-refractivity contribution in [3.05, 3.63) is 33.3 Å². The molecule has 1 aromatic carbocycles. The van der Waals surface area contributed by atoms with Gasteiger partial charge in [0.2, 0.25) is 0 Å². The topological polar surface area (TPSA) is 35.2 Å². The van der Waals surface area contributed by atoms with Gasteiger partial charge in [-0.25, -0.2) is 0 Å². The van der Waals surface area contributed by atoms with Gasteiger partial charge in [-0.1, -0.05) is 33.6 Å². The van der Waals surface area contributed by atoms with E-state index in [-0.39, 0.29) is 5.41 Å². The van der Waals surface area contributed by atoms with Gasteiger partial charge >= 0.3 is 0 Å². The van der Waals surface area contributed by atoms with Crippen molar-refractivity contribution in [1.29, 1.82) is 0 Å². The zero-order chi connectivity index (χ0) is 12.8. The van der Waals surface area contributed by atoms with Crippen molar-refractivity contribution < 1.29 is 4.74 Å². The SMILES string of the molecule is NCC1(Cc2ccc(Br)cc2Cl)CC2CCC1O2.